The highest BCUT2D eigenvalue weighted by atomic mass is 16.5. The number of aromatic nitrogens is 3. The van der Waals surface area contributed by atoms with E-state index in [-0.39, 0.29) is 29.2 Å². The summed E-state index contributed by atoms with van der Waals surface area (Å²) in [6.45, 7) is 7.80. The normalized spacial score (nSPS) is 18.3. The van der Waals surface area contributed by atoms with Gasteiger partial charge in [0.05, 0.1) is 11.8 Å². The lowest BCUT2D eigenvalue weighted by Crippen LogP contribution is -2.36. The first kappa shape index (κ1) is 22.8. The fourth-order valence-corrected chi connectivity index (χ4v) is 3.95. The van der Waals surface area contributed by atoms with Gasteiger partial charge in [-0.2, -0.15) is 5.10 Å². The second-order valence-electron chi connectivity index (χ2n) is 9.66. The number of hydrogen-bond donors (Lipinski definition) is 3. The van der Waals surface area contributed by atoms with Gasteiger partial charge in [-0.05, 0) is 35.6 Å². The molecule has 2 atom stereocenters. The number of aryl methyl sites for hydroxylation is 1. The maximum absolute atomic E-state index is 12.9. The molecular formula is C25H32N6O2. The van der Waals surface area contributed by atoms with Crippen LogP contribution in [0.5, 0.6) is 5.75 Å². The van der Waals surface area contributed by atoms with Crippen molar-refractivity contribution in [3.63, 3.8) is 0 Å². The zero-order valence-electron chi connectivity index (χ0n) is 19.6. The van der Waals surface area contributed by atoms with E-state index in [1.165, 1.54) is 5.56 Å². The zero-order chi connectivity index (χ0) is 23.6. The molecule has 1 amide bonds. The van der Waals surface area contributed by atoms with Crippen molar-refractivity contribution in [3.05, 3.63) is 60.0 Å². The van der Waals surface area contributed by atoms with Crippen molar-refractivity contribution in [1.82, 2.24) is 25.4 Å². The number of anilines is 1. The minimum atomic E-state index is -0.225. The standard InChI is InChI=1S/C25H32N6O2/c1-25(2,3)18-5-7-21(8-6-18)33-15-20-10-19(13-27-20)30-24(32)22-9-16(11-28-23(22)26)17-12-29-31(4)14-17/h5-9,11-12,14,19-20,27H,10,13,15H2,1-4H3,(H2,26,28)(H,30,32)/t19-,20-/m0/s1. The number of benzene rings is 1. The molecule has 0 radical (unpaired) electrons. The minimum Gasteiger partial charge on any atom is -0.492 e. The van der Waals surface area contributed by atoms with E-state index in [9.17, 15) is 4.79 Å². The lowest BCUT2D eigenvalue weighted by Gasteiger charge is -2.19. The summed E-state index contributed by atoms with van der Waals surface area (Å²) in [7, 11) is 1.84. The van der Waals surface area contributed by atoms with Crippen LogP contribution < -0.4 is 21.1 Å². The van der Waals surface area contributed by atoms with Crippen LogP contribution in [0.2, 0.25) is 0 Å². The van der Waals surface area contributed by atoms with Crippen LogP contribution in [-0.4, -0.2) is 45.9 Å². The van der Waals surface area contributed by atoms with Gasteiger partial charge in [0.25, 0.3) is 5.91 Å². The van der Waals surface area contributed by atoms with Crippen LogP contribution in [0.3, 0.4) is 0 Å². The van der Waals surface area contributed by atoms with Crippen molar-refractivity contribution >= 4 is 11.7 Å². The van der Waals surface area contributed by atoms with E-state index >= 15 is 0 Å². The van der Waals surface area contributed by atoms with E-state index in [1.54, 1.807) is 23.1 Å². The number of rotatable bonds is 6. The summed E-state index contributed by atoms with van der Waals surface area (Å²) in [6, 6.07) is 10.2. The van der Waals surface area contributed by atoms with E-state index in [4.69, 9.17) is 10.5 Å². The first-order valence-electron chi connectivity index (χ1n) is 11.2. The minimum absolute atomic E-state index is 0.00388. The molecule has 1 saturated heterocycles. The topological polar surface area (TPSA) is 107 Å². The van der Waals surface area contributed by atoms with Crippen molar-refractivity contribution in [3.8, 4) is 16.9 Å². The fourth-order valence-electron chi connectivity index (χ4n) is 3.95. The van der Waals surface area contributed by atoms with Crippen molar-refractivity contribution in [2.24, 2.45) is 7.05 Å². The largest absolute Gasteiger partial charge is 0.492 e. The fraction of sp³-hybridized carbons (Fsp3) is 0.400. The molecule has 1 aliphatic rings. The van der Waals surface area contributed by atoms with Gasteiger partial charge < -0.3 is 21.1 Å². The van der Waals surface area contributed by atoms with Gasteiger partial charge in [-0.25, -0.2) is 4.98 Å². The molecule has 1 aromatic carbocycles. The highest BCUT2D eigenvalue weighted by Gasteiger charge is 2.27. The number of nitrogens with one attached hydrogen (secondary N) is 2. The Kier molecular flexibility index (Phi) is 6.37. The van der Waals surface area contributed by atoms with Gasteiger partial charge in [0.15, 0.2) is 0 Å². The number of carbonyl (C=O) groups is 1. The maximum atomic E-state index is 12.9. The smallest absolute Gasteiger partial charge is 0.255 e. The molecule has 0 spiro atoms. The molecule has 2 aromatic heterocycles. The van der Waals surface area contributed by atoms with Gasteiger partial charge in [-0.15, -0.1) is 0 Å². The highest BCUT2D eigenvalue weighted by molar-refractivity contribution is 5.99. The van der Waals surface area contributed by atoms with Crippen LogP contribution in [0.15, 0.2) is 48.9 Å². The highest BCUT2D eigenvalue weighted by Crippen LogP contribution is 2.25. The van der Waals surface area contributed by atoms with Crippen LogP contribution in [0.25, 0.3) is 11.1 Å². The molecule has 0 saturated carbocycles. The summed E-state index contributed by atoms with van der Waals surface area (Å²) >= 11 is 0. The van der Waals surface area contributed by atoms with E-state index in [0.717, 1.165) is 23.3 Å². The maximum Gasteiger partial charge on any atom is 0.255 e. The number of nitrogen functional groups attached to an aromatic ring is 1. The first-order valence-corrected chi connectivity index (χ1v) is 11.2. The van der Waals surface area contributed by atoms with E-state index < -0.39 is 0 Å². The molecular weight excluding hydrogens is 416 g/mol. The Morgan fingerprint density at radius 3 is 2.67 bits per heavy atom. The first-order chi connectivity index (χ1) is 15.7. The van der Waals surface area contributed by atoms with Gasteiger partial charge in [-0.1, -0.05) is 32.9 Å². The lowest BCUT2D eigenvalue weighted by molar-refractivity contribution is 0.0940. The molecule has 174 valence electrons. The second kappa shape index (κ2) is 9.23. The number of hydrogen-bond acceptors (Lipinski definition) is 6. The summed E-state index contributed by atoms with van der Waals surface area (Å²) in [5.74, 6) is 0.838. The summed E-state index contributed by atoms with van der Waals surface area (Å²) < 4.78 is 7.67. The van der Waals surface area contributed by atoms with Crippen LogP contribution >= 0.6 is 0 Å². The number of nitrogens with two attached hydrogens (primary N) is 1. The molecule has 0 unspecified atom stereocenters. The summed E-state index contributed by atoms with van der Waals surface area (Å²) in [4.78, 5) is 17.1. The van der Waals surface area contributed by atoms with Crippen LogP contribution in [0.4, 0.5) is 5.82 Å². The SMILES string of the molecule is Cn1cc(-c2cnc(N)c(C(=O)N[C@@H]3CN[C@H](COc4ccc(C(C)(C)C)cc4)C3)c2)cn1. The molecule has 4 N–H and O–H groups in total. The molecule has 4 rings (SSSR count). The molecule has 33 heavy (non-hydrogen) atoms. The Balaban J connectivity index is 1.31. The molecule has 0 bridgehead atoms. The monoisotopic (exact) mass is 448 g/mol. The lowest BCUT2D eigenvalue weighted by atomic mass is 9.87. The Bertz CT molecular complexity index is 1120. The van der Waals surface area contributed by atoms with Crippen molar-refractivity contribution in [2.45, 2.75) is 44.7 Å². The summed E-state index contributed by atoms with van der Waals surface area (Å²) in [5.41, 5.74) is 9.45. The van der Waals surface area contributed by atoms with Gasteiger partial charge in [0.1, 0.15) is 18.2 Å². The van der Waals surface area contributed by atoms with Crippen molar-refractivity contribution < 1.29 is 9.53 Å². The molecule has 8 heteroatoms. The number of pyridine rings is 1. The number of carbonyl (C=O) groups excluding carboxylic acids is 1. The quantitative estimate of drug-likeness (QED) is 0.535. The molecule has 1 fully saturated rings. The van der Waals surface area contributed by atoms with Crippen LogP contribution in [-0.2, 0) is 12.5 Å². The summed E-state index contributed by atoms with van der Waals surface area (Å²) in [5, 5.41) is 10.7. The van der Waals surface area contributed by atoms with Crippen LogP contribution in [0.1, 0.15) is 43.1 Å². The molecule has 3 aromatic rings. The Morgan fingerprint density at radius 1 is 1.24 bits per heavy atom. The molecule has 1 aliphatic heterocycles. The Labute approximate surface area is 194 Å². The average molecular weight is 449 g/mol. The van der Waals surface area contributed by atoms with Gasteiger partial charge in [0.2, 0.25) is 0 Å². The van der Waals surface area contributed by atoms with E-state index in [0.29, 0.717) is 18.7 Å². The third-order valence-electron chi connectivity index (χ3n) is 5.93. The van der Waals surface area contributed by atoms with Crippen molar-refractivity contribution in [1.29, 1.82) is 0 Å². The third kappa shape index (κ3) is 5.51. The number of ether oxygens (including phenoxy) is 1. The molecule has 3 heterocycles. The van der Waals surface area contributed by atoms with E-state index in [1.807, 2.05) is 25.4 Å². The zero-order valence-corrected chi connectivity index (χ0v) is 19.6. The van der Waals surface area contributed by atoms with Gasteiger partial charge >= 0.3 is 0 Å². The predicted octanol–water partition coefficient (Wildman–Crippen LogP) is 2.90. The van der Waals surface area contributed by atoms with Crippen molar-refractivity contribution in [2.75, 3.05) is 18.9 Å². The van der Waals surface area contributed by atoms with E-state index in [2.05, 4.69) is 53.6 Å². The molecule has 0 aliphatic carbocycles. The number of nitrogens with zero attached hydrogens (tertiary/aromatic N) is 3. The van der Waals surface area contributed by atoms with Gasteiger partial charge in [-0.3, -0.25) is 9.48 Å². The Morgan fingerprint density at radius 2 is 2.00 bits per heavy atom. The third-order valence-corrected chi connectivity index (χ3v) is 5.93. The summed E-state index contributed by atoms with van der Waals surface area (Å²) in [6.07, 6.45) is 6.04. The van der Waals surface area contributed by atoms with Crippen LogP contribution in [0, 0.1) is 0 Å². The van der Waals surface area contributed by atoms with Gasteiger partial charge in [0, 0.05) is 49.2 Å². The number of amides is 1. The predicted molar refractivity (Wildman–Crippen MR) is 129 cm³/mol. The molecule has 8 nitrogen and oxygen atoms in total. The second-order valence-corrected chi connectivity index (χ2v) is 9.66. The average Bonchev–Trinajstić information content (AvgIpc) is 3.41. The Hall–Kier alpha value is -3.39.